The van der Waals surface area contributed by atoms with Crippen LogP contribution in [-0.2, 0) is 0 Å². The zero-order chi connectivity index (χ0) is 15.2. The van der Waals surface area contributed by atoms with Gasteiger partial charge in [-0.2, -0.15) is 0 Å². The summed E-state index contributed by atoms with van der Waals surface area (Å²) in [4.78, 5) is 12.5. The summed E-state index contributed by atoms with van der Waals surface area (Å²) in [5, 5.41) is 11.1. The van der Waals surface area contributed by atoms with Crippen molar-refractivity contribution in [3.63, 3.8) is 0 Å². The van der Waals surface area contributed by atoms with Gasteiger partial charge in [0.15, 0.2) is 0 Å². The molecule has 0 aliphatic heterocycles. The molecule has 5 nitrogen and oxygen atoms in total. The van der Waals surface area contributed by atoms with Gasteiger partial charge >= 0.3 is 0 Å². The lowest BCUT2D eigenvalue weighted by Crippen LogP contribution is -2.00. The number of rotatable bonds is 5. The van der Waals surface area contributed by atoms with E-state index in [9.17, 15) is 10.1 Å². The maximum atomic E-state index is 11.1. The minimum atomic E-state index is -0.401. The monoisotopic (exact) mass is 284 g/mol. The molecule has 0 aromatic heterocycles. The number of hydrogen-bond donors (Lipinski definition) is 0. The molecular formula is C16H16N2O3. The maximum absolute atomic E-state index is 11.1. The summed E-state index contributed by atoms with van der Waals surface area (Å²) in [6.45, 7) is 0. The largest absolute Gasteiger partial charge is 0.457 e. The van der Waals surface area contributed by atoms with Crippen LogP contribution in [0, 0.1) is 10.1 Å². The van der Waals surface area contributed by atoms with Crippen molar-refractivity contribution >= 4 is 11.8 Å². The highest BCUT2D eigenvalue weighted by atomic mass is 16.6. The van der Waals surface area contributed by atoms with Crippen molar-refractivity contribution in [1.29, 1.82) is 0 Å². The Balaban J connectivity index is 2.32. The van der Waals surface area contributed by atoms with Crippen LogP contribution in [0.5, 0.6) is 11.5 Å². The van der Waals surface area contributed by atoms with Crippen LogP contribution in [0.2, 0.25) is 0 Å². The average molecular weight is 284 g/mol. The van der Waals surface area contributed by atoms with Crippen molar-refractivity contribution in [2.24, 2.45) is 0 Å². The van der Waals surface area contributed by atoms with E-state index in [1.165, 1.54) is 6.07 Å². The van der Waals surface area contributed by atoms with E-state index in [-0.39, 0.29) is 5.69 Å². The average Bonchev–Trinajstić information content (AvgIpc) is 2.46. The molecule has 2 aromatic rings. The van der Waals surface area contributed by atoms with Gasteiger partial charge < -0.3 is 9.64 Å². The second-order valence-corrected chi connectivity index (χ2v) is 4.67. The zero-order valence-electron chi connectivity index (χ0n) is 11.9. The van der Waals surface area contributed by atoms with Gasteiger partial charge in [-0.1, -0.05) is 18.2 Å². The molecule has 0 bridgehead atoms. The molecule has 0 spiro atoms. The van der Waals surface area contributed by atoms with Crippen molar-refractivity contribution < 1.29 is 9.66 Å². The van der Waals surface area contributed by atoms with E-state index in [1.807, 2.05) is 49.3 Å². The first-order valence-electron chi connectivity index (χ1n) is 6.42. The van der Waals surface area contributed by atoms with Gasteiger partial charge in [0.05, 0.1) is 10.5 Å². The molecule has 0 amide bonds. The smallest absolute Gasteiger partial charge is 0.276 e. The third-order valence-electron chi connectivity index (χ3n) is 2.73. The SMILES string of the molecule is CN(C)/C=C/c1cc(Oc2ccccc2)ccc1[N+](=O)[O-]. The van der Waals surface area contributed by atoms with E-state index in [2.05, 4.69) is 0 Å². The number of nitro benzene ring substituents is 1. The summed E-state index contributed by atoms with van der Waals surface area (Å²) >= 11 is 0. The molecule has 21 heavy (non-hydrogen) atoms. The van der Waals surface area contributed by atoms with Crippen molar-refractivity contribution in [3.8, 4) is 11.5 Å². The fourth-order valence-electron chi connectivity index (χ4n) is 1.75. The summed E-state index contributed by atoms with van der Waals surface area (Å²) in [5.74, 6) is 1.25. The second kappa shape index (κ2) is 6.56. The number of nitro groups is 1. The van der Waals surface area contributed by atoms with Crippen LogP contribution >= 0.6 is 0 Å². The molecule has 0 saturated heterocycles. The first kappa shape index (κ1) is 14.6. The van der Waals surface area contributed by atoms with Crippen molar-refractivity contribution in [2.45, 2.75) is 0 Å². The quantitative estimate of drug-likeness (QED) is 0.617. The third kappa shape index (κ3) is 4.07. The Labute approximate surface area is 123 Å². The number of hydrogen-bond acceptors (Lipinski definition) is 4. The Morgan fingerprint density at radius 2 is 1.81 bits per heavy atom. The Kier molecular flexibility index (Phi) is 4.56. The fourth-order valence-corrected chi connectivity index (χ4v) is 1.75. The van der Waals surface area contributed by atoms with Crippen LogP contribution in [0.15, 0.2) is 54.7 Å². The van der Waals surface area contributed by atoms with Gasteiger partial charge in [0.2, 0.25) is 0 Å². The molecule has 0 radical (unpaired) electrons. The Morgan fingerprint density at radius 3 is 2.43 bits per heavy atom. The molecule has 0 fully saturated rings. The molecule has 0 aliphatic rings. The standard InChI is InChI=1S/C16H16N2O3/c1-17(2)11-10-13-12-15(8-9-16(13)18(19)20)21-14-6-4-3-5-7-14/h3-12H,1-2H3/b11-10+. The molecule has 0 heterocycles. The molecule has 0 aliphatic carbocycles. The normalized spacial score (nSPS) is 10.6. The molecule has 0 unspecified atom stereocenters. The number of nitrogens with zero attached hydrogens (tertiary/aromatic N) is 2. The van der Waals surface area contributed by atoms with Crippen LogP contribution in [-0.4, -0.2) is 23.9 Å². The summed E-state index contributed by atoms with van der Waals surface area (Å²) in [5.41, 5.74) is 0.552. The van der Waals surface area contributed by atoms with Gasteiger partial charge in [0.25, 0.3) is 5.69 Å². The first-order chi connectivity index (χ1) is 10.1. The highest BCUT2D eigenvalue weighted by Gasteiger charge is 2.12. The predicted molar refractivity (Wildman–Crippen MR) is 82.3 cm³/mol. The number of benzene rings is 2. The van der Waals surface area contributed by atoms with E-state index < -0.39 is 4.92 Å². The van der Waals surface area contributed by atoms with Crippen LogP contribution in [0.3, 0.4) is 0 Å². The van der Waals surface area contributed by atoms with Crippen LogP contribution in [0.4, 0.5) is 5.69 Å². The summed E-state index contributed by atoms with van der Waals surface area (Å²) in [6, 6.07) is 14.0. The van der Waals surface area contributed by atoms with E-state index in [0.717, 1.165) is 0 Å². The summed E-state index contributed by atoms with van der Waals surface area (Å²) < 4.78 is 5.69. The van der Waals surface area contributed by atoms with Crippen molar-refractivity contribution in [2.75, 3.05) is 14.1 Å². The van der Waals surface area contributed by atoms with E-state index in [4.69, 9.17) is 4.74 Å². The van der Waals surface area contributed by atoms with Gasteiger partial charge in [-0.15, -0.1) is 0 Å². The van der Waals surface area contributed by atoms with E-state index in [1.54, 1.807) is 24.4 Å². The highest BCUT2D eigenvalue weighted by Crippen LogP contribution is 2.28. The third-order valence-corrected chi connectivity index (χ3v) is 2.73. The molecular weight excluding hydrogens is 268 g/mol. The predicted octanol–water partition coefficient (Wildman–Crippen LogP) is 3.92. The lowest BCUT2D eigenvalue weighted by Gasteiger charge is -2.07. The minimum absolute atomic E-state index is 0.0495. The molecule has 108 valence electrons. The Hall–Kier alpha value is -2.82. The van der Waals surface area contributed by atoms with Crippen LogP contribution in [0.25, 0.3) is 6.08 Å². The maximum Gasteiger partial charge on any atom is 0.276 e. The fraction of sp³-hybridized carbons (Fsp3) is 0.125. The Morgan fingerprint density at radius 1 is 1.10 bits per heavy atom. The van der Waals surface area contributed by atoms with Crippen LogP contribution < -0.4 is 4.74 Å². The number of ether oxygens (including phenoxy) is 1. The van der Waals surface area contributed by atoms with Gasteiger partial charge in [-0.25, -0.2) is 0 Å². The van der Waals surface area contributed by atoms with Gasteiger partial charge in [0, 0.05) is 20.2 Å². The molecule has 5 heteroatoms. The van der Waals surface area contributed by atoms with Gasteiger partial charge in [-0.05, 0) is 36.5 Å². The van der Waals surface area contributed by atoms with Crippen molar-refractivity contribution in [3.05, 3.63) is 70.4 Å². The molecule has 0 atom stereocenters. The molecule has 2 rings (SSSR count). The highest BCUT2D eigenvalue weighted by molar-refractivity contribution is 5.63. The molecule has 2 aromatic carbocycles. The number of para-hydroxylation sites is 1. The first-order valence-corrected chi connectivity index (χ1v) is 6.42. The van der Waals surface area contributed by atoms with Crippen LogP contribution in [0.1, 0.15) is 5.56 Å². The van der Waals surface area contributed by atoms with Crippen molar-refractivity contribution in [1.82, 2.24) is 4.90 Å². The second-order valence-electron chi connectivity index (χ2n) is 4.67. The van der Waals surface area contributed by atoms with Gasteiger partial charge in [0.1, 0.15) is 11.5 Å². The lowest BCUT2D eigenvalue weighted by molar-refractivity contribution is -0.385. The molecule has 0 N–H and O–H groups in total. The summed E-state index contributed by atoms with van der Waals surface area (Å²) in [6.07, 6.45) is 3.45. The topological polar surface area (TPSA) is 55.6 Å². The van der Waals surface area contributed by atoms with E-state index in [0.29, 0.717) is 17.1 Å². The van der Waals surface area contributed by atoms with E-state index >= 15 is 0 Å². The molecule has 0 saturated carbocycles. The minimum Gasteiger partial charge on any atom is -0.457 e. The zero-order valence-corrected chi connectivity index (χ0v) is 11.9. The Bertz CT molecular complexity index is 652. The summed E-state index contributed by atoms with van der Waals surface area (Å²) in [7, 11) is 3.71. The lowest BCUT2D eigenvalue weighted by atomic mass is 10.1. The van der Waals surface area contributed by atoms with Gasteiger partial charge in [-0.3, -0.25) is 10.1 Å².